The van der Waals surface area contributed by atoms with Crippen LogP contribution in [0.3, 0.4) is 0 Å². The quantitative estimate of drug-likeness (QED) is 0.444. The maximum Gasteiger partial charge on any atom is -0.0245 e. The number of benzene rings is 1. The molecule has 0 bridgehead atoms. The van der Waals surface area contributed by atoms with Crippen LogP contribution < -0.4 is 0 Å². The summed E-state index contributed by atoms with van der Waals surface area (Å²) in [7, 11) is 0. The van der Waals surface area contributed by atoms with Gasteiger partial charge in [0.25, 0.3) is 0 Å². The van der Waals surface area contributed by atoms with E-state index in [1.54, 1.807) is 12.0 Å². The first kappa shape index (κ1) is 20.5. The van der Waals surface area contributed by atoms with Gasteiger partial charge in [0.2, 0.25) is 0 Å². The molecule has 3 aliphatic carbocycles. The first-order chi connectivity index (χ1) is 13.9. The summed E-state index contributed by atoms with van der Waals surface area (Å²) in [5.41, 5.74) is 1.61. The molecule has 0 heterocycles. The Balaban J connectivity index is 1.56. The van der Waals surface area contributed by atoms with Gasteiger partial charge in [0.1, 0.15) is 0 Å². The summed E-state index contributed by atoms with van der Waals surface area (Å²) in [4.78, 5) is 0. The van der Waals surface area contributed by atoms with E-state index in [2.05, 4.69) is 30.3 Å². The largest absolute Gasteiger partial charge is 0.0622 e. The van der Waals surface area contributed by atoms with Gasteiger partial charge >= 0.3 is 0 Å². The van der Waals surface area contributed by atoms with Crippen molar-refractivity contribution in [1.82, 2.24) is 0 Å². The molecule has 0 aliphatic heterocycles. The SMILES string of the molecule is c1ccc(CC(C2CCCCC2)C(CC2CCCCC2)C2CCCCC2)cc1. The van der Waals surface area contributed by atoms with Crippen molar-refractivity contribution in [1.29, 1.82) is 0 Å². The number of hydrogen-bond acceptors (Lipinski definition) is 0. The maximum atomic E-state index is 2.41. The lowest BCUT2D eigenvalue weighted by molar-refractivity contribution is 0.0792. The van der Waals surface area contributed by atoms with Crippen molar-refractivity contribution in [2.75, 3.05) is 0 Å². The van der Waals surface area contributed by atoms with Gasteiger partial charge < -0.3 is 0 Å². The van der Waals surface area contributed by atoms with Crippen molar-refractivity contribution >= 4 is 0 Å². The molecular weight excluding hydrogens is 336 g/mol. The third kappa shape index (κ3) is 5.64. The Labute approximate surface area is 174 Å². The van der Waals surface area contributed by atoms with Gasteiger partial charge in [0.15, 0.2) is 0 Å². The lowest BCUT2D eigenvalue weighted by atomic mass is 9.62. The molecule has 0 amide bonds. The van der Waals surface area contributed by atoms with E-state index in [0.29, 0.717) is 0 Å². The van der Waals surface area contributed by atoms with E-state index in [9.17, 15) is 0 Å². The Kier molecular flexibility index (Phi) is 7.93. The second-order valence-electron chi connectivity index (χ2n) is 10.6. The molecule has 0 heteroatoms. The molecule has 2 atom stereocenters. The molecule has 0 nitrogen and oxygen atoms in total. The average molecular weight is 381 g/mol. The van der Waals surface area contributed by atoms with E-state index in [-0.39, 0.29) is 0 Å². The fraction of sp³-hybridized carbons (Fsp3) is 0.786. The summed E-state index contributed by atoms with van der Waals surface area (Å²) in [5.74, 6) is 5.04. The second-order valence-corrected chi connectivity index (χ2v) is 10.6. The maximum absolute atomic E-state index is 2.41. The van der Waals surface area contributed by atoms with Crippen molar-refractivity contribution < 1.29 is 0 Å². The topological polar surface area (TPSA) is 0 Å². The van der Waals surface area contributed by atoms with Gasteiger partial charge in [-0.15, -0.1) is 0 Å². The lowest BCUT2D eigenvalue weighted by Crippen LogP contribution is -2.35. The highest BCUT2D eigenvalue weighted by atomic mass is 14.4. The van der Waals surface area contributed by atoms with Gasteiger partial charge in [-0.1, -0.05) is 127 Å². The minimum atomic E-state index is 0.952. The van der Waals surface area contributed by atoms with Gasteiger partial charge in [0, 0.05) is 0 Å². The molecule has 3 fully saturated rings. The zero-order chi connectivity index (χ0) is 19.0. The Morgan fingerprint density at radius 3 is 1.64 bits per heavy atom. The molecule has 0 saturated heterocycles. The zero-order valence-electron chi connectivity index (χ0n) is 18.3. The molecule has 2 unspecified atom stereocenters. The minimum Gasteiger partial charge on any atom is -0.0622 e. The number of rotatable bonds is 7. The highest BCUT2D eigenvalue weighted by molar-refractivity contribution is 5.16. The third-order valence-corrected chi connectivity index (χ3v) is 8.71. The molecule has 1 aromatic rings. The molecule has 0 radical (unpaired) electrons. The monoisotopic (exact) mass is 380 g/mol. The van der Waals surface area contributed by atoms with Crippen molar-refractivity contribution in [3.05, 3.63) is 35.9 Å². The van der Waals surface area contributed by atoms with E-state index in [4.69, 9.17) is 0 Å². The fourth-order valence-corrected chi connectivity index (χ4v) is 7.20. The van der Waals surface area contributed by atoms with Crippen LogP contribution >= 0.6 is 0 Å². The van der Waals surface area contributed by atoms with Gasteiger partial charge in [-0.2, -0.15) is 0 Å². The molecule has 0 aromatic heterocycles. The van der Waals surface area contributed by atoms with E-state index in [1.165, 1.54) is 103 Å². The highest BCUT2D eigenvalue weighted by Crippen LogP contribution is 2.46. The first-order valence-electron chi connectivity index (χ1n) is 12.9. The summed E-state index contributed by atoms with van der Waals surface area (Å²) in [5, 5.41) is 0. The molecule has 1 aromatic carbocycles. The second kappa shape index (κ2) is 10.8. The fourth-order valence-electron chi connectivity index (χ4n) is 7.20. The van der Waals surface area contributed by atoms with Crippen LogP contribution in [0.1, 0.15) is 108 Å². The van der Waals surface area contributed by atoms with Gasteiger partial charge in [-0.25, -0.2) is 0 Å². The predicted molar refractivity (Wildman–Crippen MR) is 121 cm³/mol. The van der Waals surface area contributed by atoms with Crippen molar-refractivity contribution in [2.45, 2.75) is 109 Å². The van der Waals surface area contributed by atoms with E-state index < -0.39 is 0 Å². The summed E-state index contributed by atoms with van der Waals surface area (Å²) in [6.07, 6.45) is 25.6. The first-order valence-corrected chi connectivity index (χ1v) is 12.9. The van der Waals surface area contributed by atoms with Crippen LogP contribution in [0.2, 0.25) is 0 Å². The standard InChI is InChI=1S/C28H44/c1-5-13-23(14-6-1)21-27(25-17-9-3-10-18-25)28(26-19-11-4-12-20-26)22-24-15-7-2-8-16-24/h1,5-6,13-14,24-28H,2-4,7-12,15-22H2. The molecule has 3 saturated carbocycles. The van der Waals surface area contributed by atoms with Crippen LogP contribution in [0.25, 0.3) is 0 Å². The average Bonchev–Trinajstić information content (AvgIpc) is 2.79. The van der Waals surface area contributed by atoms with Crippen molar-refractivity contribution in [3.8, 4) is 0 Å². The van der Waals surface area contributed by atoms with E-state index >= 15 is 0 Å². The van der Waals surface area contributed by atoms with Crippen LogP contribution in [-0.4, -0.2) is 0 Å². The molecule has 0 N–H and O–H groups in total. The van der Waals surface area contributed by atoms with E-state index in [1.807, 2.05) is 0 Å². The molecule has 0 spiro atoms. The third-order valence-electron chi connectivity index (χ3n) is 8.71. The van der Waals surface area contributed by atoms with Crippen molar-refractivity contribution in [2.24, 2.45) is 29.6 Å². The molecular formula is C28H44. The Hall–Kier alpha value is -0.780. The van der Waals surface area contributed by atoms with Crippen LogP contribution in [0.5, 0.6) is 0 Å². The minimum absolute atomic E-state index is 0.952. The molecule has 156 valence electrons. The number of hydrogen-bond donors (Lipinski definition) is 0. The highest BCUT2D eigenvalue weighted by Gasteiger charge is 2.37. The van der Waals surface area contributed by atoms with Crippen LogP contribution in [-0.2, 0) is 6.42 Å². The van der Waals surface area contributed by atoms with Gasteiger partial charge in [0.05, 0.1) is 0 Å². The summed E-state index contributed by atoms with van der Waals surface area (Å²) < 4.78 is 0. The Morgan fingerprint density at radius 2 is 1.07 bits per heavy atom. The van der Waals surface area contributed by atoms with Crippen LogP contribution in [0.15, 0.2) is 30.3 Å². The Bertz CT molecular complexity index is 528. The Morgan fingerprint density at radius 1 is 0.571 bits per heavy atom. The normalized spacial score (nSPS) is 25.4. The van der Waals surface area contributed by atoms with E-state index in [0.717, 1.165) is 29.6 Å². The molecule has 3 aliphatic rings. The van der Waals surface area contributed by atoms with Crippen LogP contribution in [0.4, 0.5) is 0 Å². The van der Waals surface area contributed by atoms with Gasteiger partial charge in [-0.05, 0) is 48.0 Å². The molecule has 4 rings (SSSR count). The summed E-state index contributed by atoms with van der Waals surface area (Å²) >= 11 is 0. The molecule has 28 heavy (non-hydrogen) atoms. The zero-order valence-corrected chi connectivity index (χ0v) is 18.3. The van der Waals surface area contributed by atoms with Crippen molar-refractivity contribution in [3.63, 3.8) is 0 Å². The van der Waals surface area contributed by atoms with Crippen LogP contribution in [0, 0.1) is 29.6 Å². The van der Waals surface area contributed by atoms with Gasteiger partial charge in [-0.3, -0.25) is 0 Å². The summed E-state index contributed by atoms with van der Waals surface area (Å²) in [6.45, 7) is 0. The summed E-state index contributed by atoms with van der Waals surface area (Å²) in [6, 6.07) is 11.6. The smallest absolute Gasteiger partial charge is 0.0245 e. The predicted octanol–water partition coefficient (Wildman–Crippen LogP) is 8.59. The lowest BCUT2D eigenvalue weighted by Gasteiger charge is -2.43.